The van der Waals surface area contributed by atoms with E-state index in [0.29, 0.717) is 5.46 Å². The van der Waals surface area contributed by atoms with Gasteiger partial charge >= 0.3 is 13.2 Å². The largest absolute Gasteiger partial charge is 0.507 e. The molecule has 230 valence electrons. The predicted octanol–water partition coefficient (Wildman–Crippen LogP) is 3.88. The number of hydrogen-bond acceptors (Lipinski definition) is 10. The van der Waals surface area contributed by atoms with Crippen molar-refractivity contribution < 1.29 is 43.6 Å². The molecule has 46 heavy (non-hydrogen) atoms. The first kappa shape index (κ1) is 29.2. The van der Waals surface area contributed by atoms with E-state index in [1.54, 1.807) is 42.5 Å². The molecule has 13 heteroatoms. The Labute approximate surface area is 261 Å². The van der Waals surface area contributed by atoms with Crippen LogP contribution in [0.5, 0.6) is 11.5 Å². The number of ether oxygens (including phenoxy) is 1. The fraction of sp³-hybridized carbons (Fsp3) is 0.182. The molecule has 0 radical (unpaired) electrons. The summed E-state index contributed by atoms with van der Waals surface area (Å²) >= 11 is 0. The minimum Gasteiger partial charge on any atom is -0.507 e. The van der Waals surface area contributed by atoms with Crippen molar-refractivity contribution in [3.63, 3.8) is 0 Å². The number of aromatic hydroxyl groups is 2. The molecule has 1 fully saturated rings. The third kappa shape index (κ3) is 4.77. The molecule has 0 saturated carbocycles. The van der Waals surface area contributed by atoms with Crippen LogP contribution in [0.25, 0.3) is 0 Å². The van der Waals surface area contributed by atoms with Gasteiger partial charge in [0.25, 0.3) is 5.69 Å². The Bertz CT molecular complexity index is 1950. The van der Waals surface area contributed by atoms with Crippen LogP contribution in [0.2, 0.25) is 0 Å². The number of carbonyl (C=O) groups is 3. The zero-order valence-corrected chi connectivity index (χ0v) is 24.1. The van der Waals surface area contributed by atoms with Crippen molar-refractivity contribution in [1.82, 2.24) is 5.32 Å². The Balaban J connectivity index is 1.23. The summed E-state index contributed by atoms with van der Waals surface area (Å²) in [4.78, 5) is 50.7. The number of fused-ring (bicyclic) bond motifs is 6. The van der Waals surface area contributed by atoms with E-state index in [1.165, 1.54) is 30.3 Å². The zero-order valence-electron chi connectivity index (χ0n) is 24.1. The topological polar surface area (TPSA) is 175 Å². The Morgan fingerprint density at radius 1 is 0.957 bits per heavy atom. The van der Waals surface area contributed by atoms with Gasteiger partial charge in [-0.1, -0.05) is 72.8 Å². The number of amides is 1. The number of carbonyl (C=O) groups excluding carboxylic acids is 3. The predicted molar refractivity (Wildman–Crippen MR) is 162 cm³/mol. The fourth-order valence-corrected chi connectivity index (χ4v) is 6.51. The molecule has 0 aromatic heterocycles. The van der Waals surface area contributed by atoms with Gasteiger partial charge in [0.2, 0.25) is 0 Å². The van der Waals surface area contributed by atoms with Gasteiger partial charge in [-0.2, -0.15) is 0 Å². The van der Waals surface area contributed by atoms with Gasteiger partial charge in [0.05, 0.1) is 34.3 Å². The third-order valence-corrected chi connectivity index (χ3v) is 8.63. The molecule has 1 aliphatic heterocycles. The number of para-hydroxylation sites is 1. The number of nitro benzene ring substituents is 1. The number of phenols is 2. The molecule has 1 heterocycles. The lowest BCUT2D eigenvalue weighted by Crippen LogP contribution is -2.58. The minimum atomic E-state index is -1.29. The maximum Gasteiger partial charge on any atom is 0.494 e. The van der Waals surface area contributed by atoms with E-state index >= 15 is 0 Å². The summed E-state index contributed by atoms with van der Waals surface area (Å²) < 4.78 is 18.3. The summed E-state index contributed by atoms with van der Waals surface area (Å²) in [5.41, 5.74) is -0.575. The van der Waals surface area contributed by atoms with Gasteiger partial charge < -0.3 is 29.6 Å². The highest BCUT2D eigenvalue weighted by Gasteiger charge is 2.53. The lowest BCUT2D eigenvalue weighted by molar-refractivity contribution is -0.385. The summed E-state index contributed by atoms with van der Waals surface area (Å²) in [6, 6.07) is 21.2. The molecule has 2 aliphatic carbocycles. The first-order valence-electron chi connectivity index (χ1n) is 14.5. The van der Waals surface area contributed by atoms with Crippen LogP contribution < -0.4 is 10.8 Å². The van der Waals surface area contributed by atoms with E-state index < -0.39 is 52.9 Å². The number of nitro groups is 1. The number of rotatable bonds is 6. The highest BCUT2D eigenvalue weighted by atomic mass is 16.6. The van der Waals surface area contributed by atoms with Gasteiger partial charge in [-0.05, 0) is 5.46 Å². The average Bonchev–Trinajstić information content (AvgIpc) is 3.07. The minimum absolute atomic E-state index is 0.0747. The number of benzene rings is 4. The summed E-state index contributed by atoms with van der Waals surface area (Å²) in [6.07, 6.45) is -1.81. The van der Waals surface area contributed by atoms with Crippen LogP contribution in [0.3, 0.4) is 0 Å². The standard InChI is InChI=1S/C33H25BN2O10/c37-28-20-11-5-6-12-21(20)29(38)27-26(28)30(39)22-14-33(17-44-32(41)35-16-18-8-4-7-13-23(18)36(42)43)15-24(25(22)31(27)40)45-34(46-33)19-9-2-1-3-10-19/h1-13,24,39-40H,14-17H2,(H,35,41)/t24-,33-/m0/s1. The van der Waals surface area contributed by atoms with E-state index in [9.17, 15) is 34.7 Å². The van der Waals surface area contributed by atoms with Crippen molar-refractivity contribution in [3.8, 4) is 11.5 Å². The van der Waals surface area contributed by atoms with Crippen molar-refractivity contribution in [2.24, 2.45) is 0 Å². The zero-order chi connectivity index (χ0) is 32.2. The Morgan fingerprint density at radius 2 is 1.59 bits per heavy atom. The lowest BCUT2D eigenvalue weighted by atomic mass is 9.68. The van der Waals surface area contributed by atoms with E-state index in [0.717, 1.165) is 0 Å². The average molecular weight is 620 g/mol. The van der Waals surface area contributed by atoms with Gasteiger partial charge in [-0.15, -0.1) is 0 Å². The first-order chi connectivity index (χ1) is 22.2. The first-order valence-corrected chi connectivity index (χ1v) is 14.5. The molecule has 2 atom stereocenters. The van der Waals surface area contributed by atoms with Crippen LogP contribution in [0.1, 0.15) is 61.1 Å². The monoisotopic (exact) mass is 620 g/mol. The molecule has 12 nitrogen and oxygen atoms in total. The highest BCUT2D eigenvalue weighted by Crippen LogP contribution is 2.53. The van der Waals surface area contributed by atoms with Crippen molar-refractivity contribution in [3.05, 3.63) is 128 Å². The lowest BCUT2D eigenvalue weighted by Gasteiger charge is -2.48. The number of ketones is 2. The van der Waals surface area contributed by atoms with Crippen LogP contribution in [0, 0.1) is 10.1 Å². The molecule has 4 aromatic carbocycles. The van der Waals surface area contributed by atoms with Crippen molar-refractivity contribution in [2.75, 3.05) is 6.61 Å². The molecular formula is C33H25BN2O10. The smallest absolute Gasteiger partial charge is 0.494 e. The van der Waals surface area contributed by atoms with Crippen molar-refractivity contribution in [2.45, 2.75) is 31.1 Å². The van der Waals surface area contributed by atoms with Crippen LogP contribution in [0.15, 0.2) is 78.9 Å². The third-order valence-electron chi connectivity index (χ3n) is 8.63. The highest BCUT2D eigenvalue weighted by molar-refractivity contribution is 6.61. The normalized spacial score (nSPS) is 19.5. The number of alkyl carbamates (subject to hydrolysis) is 1. The van der Waals surface area contributed by atoms with Gasteiger partial charge in [0.15, 0.2) is 11.6 Å². The van der Waals surface area contributed by atoms with Crippen molar-refractivity contribution in [1.29, 1.82) is 0 Å². The van der Waals surface area contributed by atoms with Gasteiger partial charge in [-0.3, -0.25) is 19.7 Å². The Hall–Kier alpha value is -5.53. The second-order valence-corrected chi connectivity index (χ2v) is 11.4. The Morgan fingerprint density at radius 3 is 2.28 bits per heavy atom. The quantitative estimate of drug-likeness (QED) is 0.109. The van der Waals surface area contributed by atoms with Crippen molar-refractivity contribution >= 4 is 35.9 Å². The molecule has 0 unspecified atom stereocenters. The van der Waals surface area contributed by atoms with E-state index in [-0.39, 0.29) is 70.6 Å². The summed E-state index contributed by atoms with van der Waals surface area (Å²) in [5, 5.41) is 37.0. The molecule has 7 rings (SSSR count). The molecule has 1 saturated heterocycles. The number of hydrogen-bond donors (Lipinski definition) is 3. The van der Waals surface area contributed by atoms with Crippen LogP contribution in [-0.2, 0) is 27.0 Å². The summed E-state index contributed by atoms with van der Waals surface area (Å²) in [5.74, 6) is -2.13. The fourth-order valence-electron chi connectivity index (χ4n) is 6.51. The molecular weight excluding hydrogens is 595 g/mol. The number of phenolic OH excluding ortho intramolecular Hbond substituents is 2. The molecule has 4 aromatic rings. The maximum atomic E-state index is 13.5. The Kier molecular flexibility index (Phi) is 7.06. The van der Waals surface area contributed by atoms with Gasteiger partial charge in [0.1, 0.15) is 18.1 Å². The van der Waals surface area contributed by atoms with Crippen LogP contribution in [0.4, 0.5) is 10.5 Å². The van der Waals surface area contributed by atoms with E-state index in [2.05, 4.69) is 5.32 Å². The van der Waals surface area contributed by atoms with Crippen LogP contribution >= 0.6 is 0 Å². The number of nitrogens with zero attached hydrogens (tertiary/aromatic N) is 1. The summed E-state index contributed by atoms with van der Waals surface area (Å²) in [7, 11) is -0.970. The van der Waals surface area contributed by atoms with E-state index in [1.807, 2.05) is 6.07 Å². The molecule has 3 N–H and O–H groups in total. The van der Waals surface area contributed by atoms with Crippen LogP contribution in [-0.4, -0.2) is 52.1 Å². The van der Waals surface area contributed by atoms with Gasteiger partial charge in [-0.25, -0.2) is 4.79 Å². The second-order valence-electron chi connectivity index (χ2n) is 11.4. The molecule has 2 bridgehead atoms. The molecule has 0 spiro atoms. The molecule has 1 amide bonds. The maximum absolute atomic E-state index is 13.5. The van der Waals surface area contributed by atoms with Gasteiger partial charge in [0, 0.05) is 46.7 Å². The summed E-state index contributed by atoms with van der Waals surface area (Å²) in [6.45, 7) is -0.491. The number of nitrogens with one attached hydrogen (secondary N) is 1. The SMILES string of the molecule is O=C(NCc1ccccc1[N+](=O)[O-])OC[C@]12Cc3c(O)c4c(c(O)c3[C@H](C1)OB(c1ccccc1)O2)C(=O)c1ccccc1C4=O. The molecule has 3 aliphatic rings. The van der Waals surface area contributed by atoms with E-state index in [4.69, 9.17) is 14.0 Å². The second kappa shape index (κ2) is 11.1.